The lowest BCUT2D eigenvalue weighted by Crippen LogP contribution is -2.57. The molecule has 3 atom stereocenters. The molecule has 0 aromatic heterocycles. The van der Waals surface area contributed by atoms with Crippen molar-refractivity contribution in [1.29, 1.82) is 0 Å². The molecule has 122 valence electrons. The monoisotopic (exact) mass is 323 g/mol. The van der Waals surface area contributed by atoms with Crippen LogP contribution in [0.25, 0.3) is 0 Å². The lowest BCUT2D eigenvalue weighted by atomic mass is 9.47. The molecule has 0 amide bonds. The van der Waals surface area contributed by atoms with Gasteiger partial charge >= 0.3 is 0 Å². The summed E-state index contributed by atoms with van der Waals surface area (Å²) in [6, 6.07) is 0. The fraction of sp³-hybridized carbons (Fsp3) is 1.00. The summed E-state index contributed by atoms with van der Waals surface area (Å²) in [5.41, 5.74) is 5.45. The molecule has 0 aliphatic heterocycles. The zero-order valence-corrected chi connectivity index (χ0v) is 12.8. The third kappa shape index (κ3) is 2.84. The minimum Gasteiger partial charge on any atom is -0.330 e. The van der Waals surface area contributed by atoms with Crippen molar-refractivity contribution in [2.24, 2.45) is 34.8 Å². The van der Waals surface area contributed by atoms with Crippen LogP contribution < -0.4 is 5.73 Å². The van der Waals surface area contributed by atoms with Crippen LogP contribution in [0.4, 0.5) is 8.78 Å². The molecular weight excluding hydrogens is 300 g/mol. The van der Waals surface area contributed by atoms with E-state index in [4.69, 9.17) is 10.3 Å². The van der Waals surface area contributed by atoms with Gasteiger partial charge in [-0.05, 0) is 62.3 Å². The predicted molar refractivity (Wildman–Crippen MR) is 74.5 cm³/mol. The molecule has 7 heteroatoms. The Morgan fingerprint density at radius 2 is 1.76 bits per heavy atom. The van der Waals surface area contributed by atoms with Crippen molar-refractivity contribution in [2.75, 3.05) is 12.3 Å². The summed E-state index contributed by atoms with van der Waals surface area (Å²) < 4.78 is 59.6. The third-order valence-electron chi connectivity index (χ3n) is 5.91. The van der Waals surface area contributed by atoms with E-state index >= 15 is 0 Å². The van der Waals surface area contributed by atoms with Crippen LogP contribution in [0.5, 0.6) is 0 Å². The number of alkyl halides is 2. The van der Waals surface area contributed by atoms with Gasteiger partial charge in [0.1, 0.15) is 0 Å². The van der Waals surface area contributed by atoms with Crippen molar-refractivity contribution < 1.29 is 21.8 Å². The van der Waals surface area contributed by atoms with Gasteiger partial charge in [-0.15, -0.1) is 0 Å². The molecule has 4 aliphatic rings. The van der Waals surface area contributed by atoms with Gasteiger partial charge in [0.05, 0.1) is 5.75 Å². The van der Waals surface area contributed by atoms with Crippen LogP contribution in [0, 0.1) is 29.1 Å². The lowest BCUT2D eigenvalue weighted by molar-refractivity contribution is -0.229. The molecule has 4 nitrogen and oxygen atoms in total. The first-order valence-corrected chi connectivity index (χ1v) is 9.27. The third-order valence-corrected chi connectivity index (χ3v) is 6.80. The molecule has 21 heavy (non-hydrogen) atoms. The summed E-state index contributed by atoms with van der Waals surface area (Å²) in [6.07, 6.45) is 3.64. The van der Waals surface area contributed by atoms with Crippen LogP contribution in [-0.4, -0.2) is 31.2 Å². The van der Waals surface area contributed by atoms with E-state index in [2.05, 4.69) is 0 Å². The largest absolute Gasteiger partial charge is 0.330 e. The maximum absolute atomic E-state index is 14.2. The molecule has 4 aliphatic carbocycles. The molecule has 3 unspecified atom stereocenters. The Kier molecular flexibility index (Phi) is 3.62. The molecule has 0 aromatic carbocycles. The Labute approximate surface area is 124 Å². The molecule has 4 rings (SSSR count). The first kappa shape index (κ1) is 15.6. The number of halogens is 2. The first-order chi connectivity index (χ1) is 9.63. The predicted octanol–water partition coefficient (Wildman–Crippen LogP) is 2.30. The Bertz CT molecular complexity index is 504. The van der Waals surface area contributed by atoms with Crippen LogP contribution in [-0.2, 0) is 10.1 Å². The van der Waals surface area contributed by atoms with Gasteiger partial charge in [-0.2, -0.15) is 8.42 Å². The highest BCUT2D eigenvalue weighted by molar-refractivity contribution is 7.85. The van der Waals surface area contributed by atoms with E-state index in [1.807, 2.05) is 0 Å². The second-order valence-electron chi connectivity index (χ2n) is 7.57. The van der Waals surface area contributed by atoms with Crippen molar-refractivity contribution in [1.82, 2.24) is 0 Å². The second-order valence-corrected chi connectivity index (χ2v) is 9.07. The first-order valence-electron chi connectivity index (χ1n) is 7.66. The molecule has 3 N–H and O–H groups in total. The fourth-order valence-electron chi connectivity index (χ4n) is 5.43. The molecule has 4 fully saturated rings. The Balaban J connectivity index is 1.77. The summed E-state index contributed by atoms with van der Waals surface area (Å²) in [4.78, 5) is 0. The van der Waals surface area contributed by atoms with Gasteiger partial charge in [0.25, 0.3) is 16.0 Å². The molecule has 0 saturated heterocycles. The van der Waals surface area contributed by atoms with Crippen LogP contribution in [0.1, 0.15) is 38.5 Å². The quantitative estimate of drug-likeness (QED) is 0.761. The highest BCUT2D eigenvalue weighted by Crippen LogP contribution is 2.66. The highest BCUT2D eigenvalue weighted by atomic mass is 32.2. The Morgan fingerprint density at radius 1 is 1.19 bits per heavy atom. The summed E-state index contributed by atoms with van der Waals surface area (Å²) >= 11 is 0. The molecule has 0 aromatic rings. The Morgan fingerprint density at radius 3 is 2.24 bits per heavy atom. The van der Waals surface area contributed by atoms with Crippen LogP contribution in [0.15, 0.2) is 0 Å². The maximum Gasteiger partial charge on any atom is 0.265 e. The van der Waals surface area contributed by atoms with Gasteiger partial charge in [0.15, 0.2) is 0 Å². The van der Waals surface area contributed by atoms with Crippen LogP contribution in [0.3, 0.4) is 0 Å². The number of hydrogen-bond acceptors (Lipinski definition) is 3. The average Bonchev–Trinajstić information content (AvgIpc) is 2.32. The van der Waals surface area contributed by atoms with Gasteiger partial charge in [-0.1, -0.05) is 0 Å². The van der Waals surface area contributed by atoms with Crippen molar-refractivity contribution in [2.45, 2.75) is 44.4 Å². The minimum atomic E-state index is -4.07. The molecule has 4 saturated carbocycles. The standard InChI is InChI=1S/C14H23F2NO3S/c15-14(16)11-1-9-2-12(14)6-13(3-9,5-11)4-10(7-17)8-21(18,19)20/h9-12H,1-8,17H2,(H,18,19,20). The topological polar surface area (TPSA) is 80.4 Å². The van der Waals surface area contributed by atoms with E-state index < -0.39 is 27.9 Å². The molecule has 4 bridgehead atoms. The SMILES string of the molecule is NCC(CC12CC3CC(C1)C(F)(F)C(C3)C2)CS(=O)(=O)O. The summed E-state index contributed by atoms with van der Waals surface area (Å²) in [7, 11) is -4.07. The maximum atomic E-state index is 14.2. The minimum absolute atomic E-state index is 0.165. The van der Waals surface area contributed by atoms with E-state index in [0.29, 0.717) is 38.0 Å². The van der Waals surface area contributed by atoms with Gasteiger partial charge < -0.3 is 5.73 Å². The van der Waals surface area contributed by atoms with Crippen molar-refractivity contribution in [3.8, 4) is 0 Å². The second kappa shape index (κ2) is 4.86. The molecule has 0 heterocycles. The van der Waals surface area contributed by atoms with Crippen molar-refractivity contribution in [3.63, 3.8) is 0 Å². The van der Waals surface area contributed by atoms with E-state index in [1.165, 1.54) is 0 Å². The van der Waals surface area contributed by atoms with E-state index in [1.54, 1.807) is 0 Å². The normalized spacial score (nSPS) is 42.2. The zero-order valence-electron chi connectivity index (χ0n) is 12.0. The number of hydrogen-bond donors (Lipinski definition) is 2. The lowest BCUT2D eigenvalue weighted by Gasteiger charge is -2.60. The van der Waals surface area contributed by atoms with Crippen LogP contribution in [0.2, 0.25) is 0 Å². The molecule has 0 radical (unpaired) electrons. The Hall–Kier alpha value is -0.270. The van der Waals surface area contributed by atoms with Gasteiger partial charge in [-0.25, -0.2) is 8.78 Å². The van der Waals surface area contributed by atoms with E-state index in [9.17, 15) is 17.2 Å². The zero-order chi connectivity index (χ0) is 15.5. The summed E-state index contributed by atoms with van der Waals surface area (Å²) in [5.74, 6) is -4.00. The fourth-order valence-corrected chi connectivity index (χ4v) is 6.28. The number of rotatable bonds is 5. The van der Waals surface area contributed by atoms with Crippen molar-refractivity contribution >= 4 is 10.1 Å². The number of nitrogens with two attached hydrogens (primary N) is 1. The van der Waals surface area contributed by atoms with Gasteiger partial charge in [0, 0.05) is 11.8 Å². The van der Waals surface area contributed by atoms with E-state index in [-0.39, 0.29) is 23.6 Å². The van der Waals surface area contributed by atoms with Crippen molar-refractivity contribution in [3.05, 3.63) is 0 Å². The summed E-state index contributed by atoms with van der Waals surface area (Å²) in [5, 5.41) is 0. The highest BCUT2D eigenvalue weighted by Gasteiger charge is 2.63. The summed E-state index contributed by atoms with van der Waals surface area (Å²) in [6.45, 7) is 0.165. The van der Waals surface area contributed by atoms with Crippen LogP contribution >= 0.6 is 0 Å². The van der Waals surface area contributed by atoms with Gasteiger partial charge in [-0.3, -0.25) is 4.55 Å². The van der Waals surface area contributed by atoms with E-state index in [0.717, 1.165) is 6.42 Å². The smallest absolute Gasteiger partial charge is 0.265 e. The van der Waals surface area contributed by atoms with Gasteiger partial charge in [0.2, 0.25) is 0 Å². The average molecular weight is 323 g/mol. The molecule has 0 spiro atoms. The molecular formula is C14H23F2NO3S.